The van der Waals surface area contributed by atoms with Gasteiger partial charge in [0, 0.05) is 15.3 Å². The molecule has 4 heteroatoms. The van der Waals surface area contributed by atoms with Crippen molar-refractivity contribution in [2.45, 2.75) is 12.4 Å². The normalized spacial score (nSPS) is 10.5. The van der Waals surface area contributed by atoms with Gasteiger partial charge in [-0.3, -0.25) is 4.68 Å². The lowest BCUT2D eigenvalue weighted by Crippen LogP contribution is -1.99. The van der Waals surface area contributed by atoms with Crippen LogP contribution in [0, 0.1) is 3.57 Å². The van der Waals surface area contributed by atoms with Crippen LogP contribution in [0.5, 0.6) is 0 Å². The summed E-state index contributed by atoms with van der Waals surface area (Å²) in [6, 6.07) is 8.43. The Morgan fingerprint density at radius 3 is 2.53 bits per heavy atom. The largest absolute Gasteiger partial charge is 0.268 e. The molecule has 0 radical (unpaired) electrons. The van der Waals surface area contributed by atoms with Gasteiger partial charge in [0.15, 0.2) is 0 Å². The zero-order valence-electron chi connectivity index (χ0n) is 8.03. The SMILES string of the molecule is ClCc1cnn(Cc2ccc(I)cc2)c1. The minimum absolute atomic E-state index is 0.521. The number of hydrogen-bond acceptors (Lipinski definition) is 1. The zero-order valence-corrected chi connectivity index (χ0v) is 10.9. The molecule has 1 aromatic heterocycles. The smallest absolute Gasteiger partial charge is 0.0659 e. The maximum Gasteiger partial charge on any atom is 0.0659 e. The van der Waals surface area contributed by atoms with E-state index in [0.717, 1.165) is 12.1 Å². The Bertz CT molecular complexity index is 436. The number of hydrogen-bond donors (Lipinski definition) is 0. The molecule has 0 saturated heterocycles. The number of halogens is 2. The highest BCUT2D eigenvalue weighted by atomic mass is 127. The molecule has 0 saturated carbocycles. The third-order valence-electron chi connectivity index (χ3n) is 2.10. The summed E-state index contributed by atoms with van der Waals surface area (Å²) in [7, 11) is 0. The average molecular weight is 333 g/mol. The third-order valence-corrected chi connectivity index (χ3v) is 3.13. The Balaban J connectivity index is 2.11. The molecule has 0 aliphatic heterocycles. The van der Waals surface area contributed by atoms with Gasteiger partial charge in [0.2, 0.25) is 0 Å². The lowest BCUT2D eigenvalue weighted by atomic mass is 10.2. The van der Waals surface area contributed by atoms with Gasteiger partial charge in [-0.2, -0.15) is 5.10 Å². The highest BCUT2D eigenvalue weighted by molar-refractivity contribution is 14.1. The van der Waals surface area contributed by atoms with E-state index in [1.807, 2.05) is 10.9 Å². The molecule has 2 aromatic rings. The first-order valence-corrected chi connectivity index (χ1v) is 6.21. The molecule has 15 heavy (non-hydrogen) atoms. The average Bonchev–Trinajstić information content (AvgIpc) is 2.69. The van der Waals surface area contributed by atoms with Crippen LogP contribution < -0.4 is 0 Å². The molecule has 2 rings (SSSR count). The number of benzene rings is 1. The van der Waals surface area contributed by atoms with E-state index < -0.39 is 0 Å². The van der Waals surface area contributed by atoms with E-state index in [1.165, 1.54) is 9.13 Å². The van der Waals surface area contributed by atoms with Crippen LogP contribution in [0.15, 0.2) is 36.7 Å². The summed E-state index contributed by atoms with van der Waals surface area (Å²) < 4.78 is 3.15. The predicted octanol–water partition coefficient (Wildman–Crippen LogP) is 3.27. The van der Waals surface area contributed by atoms with Gasteiger partial charge < -0.3 is 0 Å². The zero-order chi connectivity index (χ0) is 10.7. The highest BCUT2D eigenvalue weighted by Crippen LogP contribution is 2.09. The second kappa shape index (κ2) is 4.99. The lowest BCUT2D eigenvalue weighted by molar-refractivity contribution is 0.686. The molecular weight excluding hydrogens is 322 g/mol. The molecule has 1 heterocycles. The van der Waals surface area contributed by atoms with Crippen molar-refractivity contribution in [3.8, 4) is 0 Å². The maximum absolute atomic E-state index is 5.71. The monoisotopic (exact) mass is 332 g/mol. The standard InChI is InChI=1S/C11H10ClIN2/c12-5-10-6-14-15(8-10)7-9-1-3-11(13)4-2-9/h1-4,6,8H,5,7H2. The molecular formula is C11H10ClIN2. The summed E-state index contributed by atoms with van der Waals surface area (Å²) in [5.41, 5.74) is 2.31. The van der Waals surface area contributed by atoms with Crippen molar-refractivity contribution in [1.82, 2.24) is 9.78 Å². The number of nitrogens with zero attached hydrogens (tertiary/aromatic N) is 2. The maximum atomic E-state index is 5.71. The van der Waals surface area contributed by atoms with Crippen LogP contribution in [0.25, 0.3) is 0 Å². The molecule has 0 unspecified atom stereocenters. The minimum atomic E-state index is 0.521. The number of rotatable bonds is 3. The second-order valence-corrected chi connectivity index (χ2v) is 4.82. The fourth-order valence-electron chi connectivity index (χ4n) is 1.34. The van der Waals surface area contributed by atoms with E-state index in [4.69, 9.17) is 11.6 Å². The van der Waals surface area contributed by atoms with Crippen molar-refractivity contribution < 1.29 is 0 Å². The molecule has 0 amide bonds. The summed E-state index contributed by atoms with van der Waals surface area (Å²) in [4.78, 5) is 0. The van der Waals surface area contributed by atoms with Crippen molar-refractivity contribution in [3.05, 3.63) is 51.4 Å². The molecule has 0 aliphatic rings. The molecule has 1 aromatic carbocycles. The van der Waals surface area contributed by atoms with E-state index in [9.17, 15) is 0 Å². The Hall–Kier alpha value is -0.550. The van der Waals surface area contributed by atoms with Crippen molar-refractivity contribution >= 4 is 34.2 Å². The van der Waals surface area contributed by atoms with E-state index in [0.29, 0.717) is 5.88 Å². The van der Waals surface area contributed by atoms with Gasteiger partial charge in [-0.05, 0) is 40.3 Å². The first-order valence-electron chi connectivity index (χ1n) is 4.59. The van der Waals surface area contributed by atoms with Crippen LogP contribution in [0.1, 0.15) is 11.1 Å². The summed E-state index contributed by atoms with van der Waals surface area (Å²) in [6.07, 6.45) is 3.78. The molecule has 2 nitrogen and oxygen atoms in total. The van der Waals surface area contributed by atoms with Crippen LogP contribution in [0.4, 0.5) is 0 Å². The minimum Gasteiger partial charge on any atom is -0.268 e. The molecule has 0 spiro atoms. The molecule has 0 fully saturated rings. The molecule has 0 aliphatic carbocycles. The van der Waals surface area contributed by atoms with E-state index >= 15 is 0 Å². The Morgan fingerprint density at radius 1 is 1.20 bits per heavy atom. The highest BCUT2D eigenvalue weighted by Gasteiger charge is 1.98. The van der Waals surface area contributed by atoms with Gasteiger partial charge in [-0.1, -0.05) is 12.1 Å². The lowest BCUT2D eigenvalue weighted by Gasteiger charge is -2.01. The Kier molecular flexibility index (Phi) is 3.64. The van der Waals surface area contributed by atoms with Crippen molar-refractivity contribution in [1.29, 1.82) is 0 Å². The van der Waals surface area contributed by atoms with Crippen molar-refractivity contribution in [2.75, 3.05) is 0 Å². The van der Waals surface area contributed by atoms with Gasteiger partial charge in [-0.25, -0.2) is 0 Å². The van der Waals surface area contributed by atoms with Gasteiger partial charge >= 0.3 is 0 Å². The summed E-state index contributed by atoms with van der Waals surface area (Å²) in [6.45, 7) is 0.799. The fourth-order valence-corrected chi connectivity index (χ4v) is 1.84. The van der Waals surface area contributed by atoms with Crippen molar-refractivity contribution in [3.63, 3.8) is 0 Å². The quantitative estimate of drug-likeness (QED) is 0.623. The van der Waals surface area contributed by atoms with Crippen LogP contribution in [-0.2, 0) is 12.4 Å². The van der Waals surface area contributed by atoms with Crippen molar-refractivity contribution in [2.24, 2.45) is 0 Å². The van der Waals surface area contributed by atoms with Crippen LogP contribution in [-0.4, -0.2) is 9.78 Å². The van der Waals surface area contributed by atoms with Gasteiger partial charge in [0.05, 0.1) is 18.6 Å². The molecule has 0 bridgehead atoms. The second-order valence-electron chi connectivity index (χ2n) is 3.31. The molecule has 0 N–H and O–H groups in total. The Labute approximate surface area is 107 Å². The number of alkyl halides is 1. The van der Waals surface area contributed by atoms with E-state index in [-0.39, 0.29) is 0 Å². The number of aromatic nitrogens is 2. The fraction of sp³-hybridized carbons (Fsp3) is 0.182. The van der Waals surface area contributed by atoms with Gasteiger partial charge in [-0.15, -0.1) is 11.6 Å². The van der Waals surface area contributed by atoms with E-state index in [2.05, 4.69) is 52.0 Å². The third kappa shape index (κ3) is 2.95. The summed E-state index contributed by atoms with van der Waals surface area (Å²) >= 11 is 8.01. The summed E-state index contributed by atoms with van der Waals surface area (Å²) in [5, 5.41) is 4.24. The topological polar surface area (TPSA) is 17.8 Å². The van der Waals surface area contributed by atoms with Crippen LogP contribution >= 0.6 is 34.2 Å². The van der Waals surface area contributed by atoms with Gasteiger partial charge in [0.1, 0.15) is 0 Å². The summed E-state index contributed by atoms with van der Waals surface area (Å²) in [5.74, 6) is 0.521. The molecule has 78 valence electrons. The van der Waals surface area contributed by atoms with Crippen LogP contribution in [0.2, 0.25) is 0 Å². The van der Waals surface area contributed by atoms with Gasteiger partial charge in [0.25, 0.3) is 0 Å². The first kappa shape index (κ1) is 11.0. The molecule has 0 atom stereocenters. The first-order chi connectivity index (χ1) is 7.28. The Morgan fingerprint density at radius 2 is 1.93 bits per heavy atom. The van der Waals surface area contributed by atoms with E-state index in [1.54, 1.807) is 6.20 Å². The van der Waals surface area contributed by atoms with Crippen LogP contribution in [0.3, 0.4) is 0 Å². The predicted molar refractivity (Wildman–Crippen MR) is 70.0 cm³/mol.